The molecule has 6 saturated carbocycles. The minimum absolute atomic E-state index is 0.458. The van der Waals surface area contributed by atoms with Crippen LogP contribution in [0.1, 0.15) is 98.8 Å². The highest BCUT2D eigenvalue weighted by molar-refractivity contribution is 6.51. The predicted molar refractivity (Wildman–Crippen MR) is 138 cm³/mol. The molecule has 188 valence electrons. The van der Waals surface area contributed by atoms with Crippen LogP contribution in [0.5, 0.6) is 0 Å². The van der Waals surface area contributed by atoms with Gasteiger partial charge < -0.3 is 4.74 Å². The predicted octanol–water partition coefficient (Wildman–Crippen LogP) is 8.76. The number of alkyl halides is 2. The van der Waals surface area contributed by atoms with Crippen LogP contribution in [0, 0.1) is 69.5 Å². The molecule has 0 saturated heterocycles. The minimum atomic E-state index is -0.467. The summed E-state index contributed by atoms with van der Waals surface area (Å²) in [6.45, 7) is 12.6. The van der Waals surface area contributed by atoms with Crippen LogP contribution in [-0.2, 0) is 4.74 Å². The van der Waals surface area contributed by atoms with Crippen molar-refractivity contribution in [3.63, 3.8) is 0 Å². The third kappa shape index (κ3) is 2.94. The van der Waals surface area contributed by atoms with Crippen molar-refractivity contribution in [2.24, 2.45) is 69.5 Å². The molecular weight excluding hydrogens is 447 g/mol. The number of methoxy groups -OCH3 is 1. The van der Waals surface area contributed by atoms with Crippen LogP contribution in [-0.4, -0.2) is 17.5 Å². The van der Waals surface area contributed by atoms with Gasteiger partial charge in [0.05, 0.1) is 6.10 Å². The van der Waals surface area contributed by atoms with Gasteiger partial charge in [-0.2, -0.15) is 0 Å². The van der Waals surface area contributed by atoms with E-state index < -0.39 is 4.33 Å². The zero-order valence-electron chi connectivity index (χ0n) is 22.0. The van der Waals surface area contributed by atoms with Gasteiger partial charge in [-0.1, -0.05) is 41.0 Å². The van der Waals surface area contributed by atoms with Crippen molar-refractivity contribution in [3.8, 4) is 0 Å². The van der Waals surface area contributed by atoms with Gasteiger partial charge in [-0.15, -0.1) is 23.2 Å². The minimum Gasteiger partial charge on any atom is -0.381 e. The Morgan fingerprint density at radius 1 is 1.03 bits per heavy atom. The summed E-state index contributed by atoms with van der Waals surface area (Å²) < 4.78 is 5.86. The van der Waals surface area contributed by atoms with Crippen LogP contribution < -0.4 is 0 Å². The molecule has 3 heteroatoms. The van der Waals surface area contributed by atoms with E-state index in [1.54, 1.807) is 0 Å². The van der Waals surface area contributed by atoms with Crippen molar-refractivity contribution in [1.82, 2.24) is 0 Å². The van der Waals surface area contributed by atoms with Crippen LogP contribution in [0.4, 0.5) is 0 Å². The fourth-order valence-electron chi connectivity index (χ4n) is 12.0. The largest absolute Gasteiger partial charge is 0.381 e. The fraction of sp³-hybridized carbons (Fsp3) is 1.00. The SMILES string of the molecule is CCC(CC(C)C1CCC2C3CC(OC)C45CC4CCC5(C)C3CCC12C)C1C(C)C1(Cl)Cl. The zero-order chi connectivity index (χ0) is 23.6. The summed E-state index contributed by atoms with van der Waals surface area (Å²) in [5, 5.41) is 0. The molecule has 0 amide bonds. The van der Waals surface area contributed by atoms with Gasteiger partial charge in [0.1, 0.15) is 4.33 Å². The van der Waals surface area contributed by atoms with Crippen LogP contribution in [0.15, 0.2) is 0 Å². The van der Waals surface area contributed by atoms with E-state index in [0.717, 1.165) is 35.5 Å². The molecule has 0 bridgehead atoms. The first-order valence-electron chi connectivity index (χ1n) is 14.5. The fourth-order valence-corrected chi connectivity index (χ4v) is 12.9. The molecule has 0 N–H and O–H groups in total. The second-order valence-corrected chi connectivity index (χ2v) is 15.8. The van der Waals surface area contributed by atoms with Crippen molar-refractivity contribution < 1.29 is 4.74 Å². The van der Waals surface area contributed by atoms with Gasteiger partial charge in [0.25, 0.3) is 0 Å². The molecule has 0 radical (unpaired) electrons. The molecule has 0 heterocycles. The summed E-state index contributed by atoms with van der Waals surface area (Å²) >= 11 is 13.3. The van der Waals surface area contributed by atoms with Crippen molar-refractivity contribution in [1.29, 1.82) is 0 Å². The van der Waals surface area contributed by atoms with E-state index in [0.29, 0.717) is 40.1 Å². The van der Waals surface area contributed by atoms with Gasteiger partial charge >= 0.3 is 0 Å². The Bertz CT molecular complexity index is 796. The van der Waals surface area contributed by atoms with Gasteiger partial charge in [-0.3, -0.25) is 0 Å². The molecule has 0 aromatic heterocycles. The van der Waals surface area contributed by atoms with Crippen LogP contribution in [0.2, 0.25) is 0 Å². The highest BCUT2D eigenvalue weighted by Gasteiger charge is 2.77. The first-order chi connectivity index (χ1) is 15.6. The van der Waals surface area contributed by atoms with Crippen LogP contribution in [0.3, 0.4) is 0 Å². The topological polar surface area (TPSA) is 9.23 Å². The maximum atomic E-state index is 6.64. The Labute approximate surface area is 213 Å². The molecule has 6 rings (SSSR count). The molecule has 1 spiro atoms. The Kier molecular flexibility index (Phi) is 5.46. The smallest absolute Gasteiger partial charge is 0.124 e. The van der Waals surface area contributed by atoms with E-state index in [1.165, 1.54) is 64.2 Å². The number of hydrogen-bond donors (Lipinski definition) is 0. The molecule has 13 unspecified atom stereocenters. The van der Waals surface area contributed by atoms with E-state index in [2.05, 4.69) is 34.6 Å². The molecule has 6 aliphatic carbocycles. The normalized spacial score (nSPS) is 57.5. The summed E-state index contributed by atoms with van der Waals surface area (Å²) in [5.74, 6) is 7.02. The first-order valence-corrected chi connectivity index (χ1v) is 15.2. The molecule has 1 nitrogen and oxygen atoms in total. The number of hydrogen-bond acceptors (Lipinski definition) is 1. The number of ether oxygens (including phenoxy) is 1. The summed E-state index contributed by atoms with van der Waals surface area (Å²) in [7, 11) is 2.02. The van der Waals surface area contributed by atoms with E-state index in [9.17, 15) is 0 Å². The summed E-state index contributed by atoms with van der Waals surface area (Å²) in [5.41, 5.74) is 1.62. The molecule has 13 atom stereocenters. The van der Waals surface area contributed by atoms with Crippen molar-refractivity contribution >= 4 is 23.2 Å². The third-order valence-electron chi connectivity index (χ3n) is 13.8. The lowest BCUT2D eigenvalue weighted by atomic mass is 9.45. The van der Waals surface area contributed by atoms with Gasteiger partial charge in [-0.05, 0) is 116 Å². The average Bonchev–Trinajstić information content (AvgIpc) is 3.50. The monoisotopic (exact) mass is 494 g/mol. The zero-order valence-corrected chi connectivity index (χ0v) is 23.5. The van der Waals surface area contributed by atoms with Crippen molar-refractivity contribution in [3.05, 3.63) is 0 Å². The maximum Gasteiger partial charge on any atom is 0.124 e. The molecule has 0 aliphatic heterocycles. The number of halogens is 2. The van der Waals surface area contributed by atoms with E-state index >= 15 is 0 Å². The summed E-state index contributed by atoms with van der Waals surface area (Å²) in [6.07, 6.45) is 14.7. The Morgan fingerprint density at radius 3 is 2.36 bits per heavy atom. The lowest BCUT2D eigenvalue weighted by Crippen LogP contribution is -2.57. The standard InChI is InChI=1S/C30H48Cl2O/c1-7-19(26-18(3)30(26,31)32)14-17(2)22-8-9-23-21-15-25(33-6)29-16-20(29)10-13-28(29,5)24(21)11-12-27(22,23)4/h17-26H,7-16H2,1-6H3. The Balaban J connectivity index is 1.21. The van der Waals surface area contributed by atoms with Gasteiger partial charge in [0, 0.05) is 18.4 Å². The third-order valence-corrected chi connectivity index (χ3v) is 15.0. The second-order valence-electron chi connectivity index (χ2n) is 14.3. The van der Waals surface area contributed by atoms with E-state index in [1.807, 2.05) is 7.11 Å². The second kappa shape index (κ2) is 7.54. The molecule has 6 fully saturated rings. The maximum absolute atomic E-state index is 6.64. The molecular formula is C30H48Cl2O. The highest BCUT2D eigenvalue weighted by atomic mass is 35.5. The lowest BCUT2D eigenvalue weighted by molar-refractivity contribution is -0.161. The Hall–Kier alpha value is 0.540. The van der Waals surface area contributed by atoms with Crippen molar-refractivity contribution in [2.45, 2.75) is 109 Å². The van der Waals surface area contributed by atoms with E-state index in [-0.39, 0.29) is 0 Å². The molecule has 6 aliphatic rings. The Morgan fingerprint density at radius 2 is 1.76 bits per heavy atom. The van der Waals surface area contributed by atoms with Gasteiger partial charge in [0.15, 0.2) is 0 Å². The van der Waals surface area contributed by atoms with E-state index in [4.69, 9.17) is 27.9 Å². The quantitative estimate of drug-likeness (QED) is 0.335. The summed E-state index contributed by atoms with van der Waals surface area (Å²) in [6, 6.07) is 0. The van der Waals surface area contributed by atoms with Crippen LogP contribution in [0.25, 0.3) is 0 Å². The number of fused-ring (bicyclic) bond motifs is 4. The highest BCUT2D eigenvalue weighted by Crippen LogP contribution is 2.82. The van der Waals surface area contributed by atoms with Gasteiger partial charge in [-0.25, -0.2) is 0 Å². The van der Waals surface area contributed by atoms with Gasteiger partial charge in [0.2, 0.25) is 0 Å². The average molecular weight is 496 g/mol. The number of rotatable bonds is 6. The molecule has 0 aromatic rings. The first kappa shape index (κ1) is 23.9. The van der Waals surface area contributed by atoms with Crippen molar-refractivity contribution in [2.75, 3.05) is 7.11 Å². The van der Waals surface area contributed by atoms with Crippen LogP contribution >= 0.6 is 23.2 Å². The molecule has 33 heavy (non-hydrogen) atoms. The lowest BCUT2D eigenvalue weighted by Gasteiger charge is -2.61. The summed E-state index contributed by atoms with van der Waals surface area (Å²) in [4.78, 5) is 0. The molecule has 0 aromatic carbocycles.